The summed E-state index contributed by atoms with van der Waals surface area (Å²) in [5.74, 6) is 0. The second kappa shape index (κ2) is 8.95. The van der Waals surface area contributed by atoms with Crippen molar-refractivity contribution in [3.8, 4) is 0 Å². The molecule has 1 saturated heterocycles. The molecule has 136 valence electrons. The van der Waals surface area contributed by atoms with Gasteiger partial charge in [-0.3, -0.25) is 0 Å². The molecule has 5 heteroatoms. The molecule has 1 aliphatic carbocycles. The Kier molecular flexibility index (Phi) is 6.67. The van der Waals surface area contributed by atoms with Crippen LogP contribution in [0.25, 0.3) is 0 Å². The molecular weight excluding hydrogens is 298 g/mol. The van der Waals surface area contributed by atoms with Crippen molar-refractivity contribution in [3.63, 3.8) is 0 Å². The van der Waals surface area contributed by atoms with E-state index in [2.05, 4.69) is 45.0 Å². The quantitative estimate of drug-likeness (QED) is 0.747. The second-order valence-corrected chi connectivity index (χ2v) is 7.84. The van der Waals surface area contributed by atoms with Crippen molar-refractivity contribution in [2.75, 3.05) is 26.7 Å². The number of hydrogen-bond acceptors (Lipinski definition) is 4. The maximum absolute atomic E-state index is 4.43. The van der Waals surface area contributed by atoms with E-state index in [1.165, 1.54) is 70.9 Å². The van der Waals surface area contributed by atoms with Crippen LogP contribution in [0.15, 0.2) is 6.20 Å². The molecule has 1 aromatic rings. The fourth-order valence-corrected chi connectivity index (χ4v) is 4.44. The summed E-state index contributed by atoms with van der Waals surface area (Å²) in [5.41, 5.74) is 1.11. The average molecular weight is 334 g/mol. The van der Waals surface area contributed by atoms with E-state index in [1.807, 2.05) is 0 Å². The van der Waals surface area contributed by atoms with Crippen LogP contribution in [-0.4, -0.2) is 57.5 Å². The molecule has 1 saturated carbocycles. The normalized spacial score (nSPS) is 22.1. The van der Waals surface area contributed by atoms with Crippen molar-refractivity contribution in [2.45, 2.75) is 83.3 Å². The van der Waals surface area contributed by atoms with Crippen LogP contribution in [-0.2, 0) is 6.54 Å². The molecule has 5 nitrogen and oxygen atoms in total. The van der Waals surface area contributed by atoms with Crippen LogP contribution in [0.1, 0.15) is 76.4 Å². The molecule has 0 unspecified atom stereocenters. The molecule has 0 radical (unpaired) electrons. The summed E-state index contributed by atoms with van der Waals surface area (Å²) in [7, 11) is 2.16. The third kappa shape index (κ3) is 4.79. The van der Waals surface area contributed by atoms with Crippen LogP contribution >= 0.6 is 0 Å². The predicted molar refractivity (Wildman–Crippen MR) is 98.0 cm³/mol. The monoisotopic (exact) mass is 333 g/mol. The highest BCUT2D eigenvalue weighted by Crippen LogP contribution is 2.28. The molecule has 0 spiro atoms. The molecule has 0 aromatic carbocycles. The minimum absolute atomic E-state index is 0.546. The number of nitrogens with zero attached hydrogens (tertiary/aromatic N) is 5. The molecule has 0 N–H and O–H groups in total. The van der Waals surface area contributed by atoms with Gasteiger partial charge in [-0.05, 0) is 45.7 Å². The number of likely N-dealkylation sites (tertiary alicyclic amines) is 1. The van der Waals surface area contributed by atoms with E-state index >= 15 is 0 Å². The SMILES string of the molecule is CCCN(C)Cc1cn(C2CCN(C3CCCCCC3)CC2)nn1. The van der Waals surface area contributed by atoms with Crippen molar-refractivity contribution in [1.29, 1.82) is 0 Å². The highest BCUT2D eigenvalue weighted by atomic mass is 15.4. The van der Waals surface area contributed by atoms with Crippen molar-refractivity contribution in [2.24, 2.45) is 0 Å². The van der Waals surface area contributed by atoms with Gasteiger partial charge < -0.3 is 9.80 Å². The summed E-state index contributed by atoms with van der Waals surface area (Å²) in [4.78, 5) is 5.08. The first kappa shape index (κ1) is 17.9. The highest BCUT2D eigenvalue weighted by molar-refractivity contribution is 4.94. The molecule has 0 amide bonds. The fourth-order valence-electron chi connectivity index (χ4n) is 4.44. The van der Waals surface area contributed by atoms with E-state index in [0.717, 1.165) is 24.8 Å². The van der Waals surface area contributed by atoms with Gasteiger partial charge in [0.05, 0.1) is 17.9 Å². The molecule has 2 heterocycles. The molecule has 0 atom stereocenters. The van der Waals surface area contributed by atoms with Gasteiger partial charge in [0.2, 0.25) is 0 Å². The lowest BCUT2D eigenvalue weighted by Gasteiger charge is -2.37. The van der Waals surface area contributed by atoms with Crippen LogP contribution < -0.4 is 0 Å². The lowest BCUT2D eigenvalue weighted by molar-refractivity contribution is 0.119. The number of rotatable bonds is 6. The van der Waals surface area contributed by atoms with E-state index in [9.17, 15) is 0 Å². The lowest BCUT2D eigenvalue weighted by Crippen LogP contribution is -2.41. The molecule has 24 heavy (non-hydrogen) atoms. The van der Waals surface area contributed by atoms with Crippen molar-refractivity contribution < 1.29 is 0 Å². The summed E-state index contributed by atoms with van der Waals surface area (Å²) in [6.45, 7) is 6.72. The molecule has 0 bridgehead atoms. The molecule has 3 rings (SSSR count). The molecule has 2 fully saturated rings. The van der Waals surface area contributed by atoms with Gasteiger partial charge in [0, 0.05) is 25.7 Å². The van der Waals surface area contributed by atoms with Gasteiger partial charge in [-0.1, -0.05) is 37.8 Å². The Morgan fingerprint density at radius 1 is 1.04 bits per heavy atom. The minimum Gasteiger partial charge on any atom is -0.300 e. The van der Waals surface area contributed by atoms with E-state index in [0.29, 0.717) is 6.04 Å². The Morgan fingerprint density at radius 3 is 2.42 bits per heavy atom. The zero-order valence-electron chi connectivity index (χ0n) is 15.7. The van der Waals surface area contributed by atoms with Gasteiger partial charge in [-0.2, -0.15) is 0 Å². The van der Waals surface area contributed by atoms with Gasteiger partial charge in [-0.25, -0.2) is 4.68 Å². The van der Waals surface area contributed by atoms with Crippen LogP contribution in [0.3, 0.4) is 0 Å². The van der Waals surface area contributed by atoms with Gasteiger partial charge in [0.15, 0.2) is 0 Å². The Bertz CT molecular complexity index is 470. The first-order valence-corrected chi connectivity index (χ1v) is 10.1. The van der Waals surface area contributed by atoms with Gasteiger partial charge >= 0.3 is 0 Å². The van der Waals surface area contributed by atoms with Crippen LogP contribution in [0.5, 0.6) is 0 Å². The lowest BCUT2D eigenvalue weighted by atomic mass is 10.00. The first-order chi connectivity index (χ1) is 11.8. The summed E-state index contributed by atoms with van der Waals surface area (Å²) in [5, 5.41) is 8.82. The van der Waals surface area contributed by atoms with Crippen molar-refractivity contribution in [3.05, 3.63) is 11.9 Å². The van der Waals surface area contributed by atoms with E-state index in [4.69, 9.17) is 0 Å². The average Bonchev–Trinajstić information content (AvgIpc) is 2.88. The maximum Gasteiger partial charge on any atom is 0.0967 e. The van der Waals surface area contributed by atoms with Crippen LogP contribution in [0, 0.1) is 0 Å². The Hall–Kier alpha value is -0.940. The number of aromatic nitrogens is 3. The summed E-state index contributed by atoms with van der Waals surface area (Å²) < 4.78 is 2.14. The number of hydrogen-bond donors (Lipinski definition) is 0. The van der Waals surface area contributed by atoms with Crippen molar-refractivity contribution >= 4 is 0 Å². The van der Waals surface area contributed by atoms with Gasteiger partial charge in [0.1, 0.15) is 0 Å². The summed E-state index contributed by atoms with van der Waals surface area (Å²) in [6, 6.07) is 1.40. The zero-order valence-corrected chi connectivity index (χ0v) is 15.7. The minimum atomic E-state index is 0.546. The summed E-state index contributed by atoms with van der Waals surface area (Å²) in [6.07, 6.45) is 14.4. The van der Waals surface area contributed by atoms with Crippen molar-refractivity contribution in [1.82, 2.24) is 24.8 Å². The molecular formula is C19H35N5. The third-order valence-electron chi connectivity index (χ3n) is 5.81. The predicted octanol–water partition coefficient (Wildman–Crippen LogP) is 3.48. The Balaban J connectivity index is 1.48. The maximum atomic E-state index is 4.43. The van der Waals surface area contributed by atoms with Crippen LogP contribution in [0.2, 0.25) is 0 Å². The molecule has 2 aliphatic rings. The van der Waals surface area contributed by atoms with E-state index in [-0.39, 0.29) is 0 Å². The second-order valence-electron chi connectivity index (χ2n) is 7.84. The molecule has 1 aromatic heterocycles. The number of piperidine rings is 1. The largest absolute Gasteiger partial charge is 0.300 e. The Morgan fingerprint density at radius 2 is 1.75 bits per heavy atom. The van der Waals surface area contributed by atoms with E-state index < -0.39 is 0 Å². The Labute approximate surface area is 147 Å². The van der Waals surface area contributed by atoms with Gasteiger partial charge in [-0.15, -0.1) is 5.10 Å². The molecule has 1 aliphatic heterocycles. The van der Waals surface area contributed by atoms with Gasteiger partial charge in [0.25, 0.3) is 0 Å². The van der Waals surface area contributed by atoms with Crippen LogP contribution in [0.4, 0.5) is 0 Å². The summed E-state index contributed by atoms with van der Waals surface area (Å²) >= 11 is 0. The third-order valence-corrected chi connectivity index (χ3v) is 5.81. The smallest absolute Gasteiger partial charge is 0.0967 e. The standard InChI is InChI=1S/C19H35N5/c1-3-12-22(2)15-17-16-24(21-20-17)19-10-13-23(14-11-19)18-8-6-4-5-7-9-18/h16,18-19H,3-15H2,1-2H3. The first-order valence-electron chi connectivity index (χ1n) is 10.1. The van der Waals surface area contributed by atoms with E-state index in [1.54, 1.807) is 0 Å². The topological polar surface area (TPSA) is 37.2 Å². The highest BCUT2D eigenvalue weighted by Gasteiger charge is 2.26. The fraction of sp³-hybridized carbons (Fsp3) is 0.895. The zero-order chi connectivity index (χ0) is 16.8.